The Kier molecular flexibility index (Phi) is 4.69. The first kappa shape index (κ1) is 20.0. The monoisotopic (exact) mass is 454 g/mol. The lowest BCUT2D eigenvalue weighted by Gasteiger charge is -2.31. The van der Waals surface area contributed by atoms with Gasteiger partial charge in [-0.15, -0.1) is 0 Å². The molecule has 0 bridgehead atoms. The van der Waals surface area contributed by atoms with Crippen LogP contribution in [-0.4, -0.2) is 11.7 Å². The second-order valence-electron chi connectivity index (χ2n) is 8.30. The topological polar surface area (TPSA) is 56.7 Å². The molecule has 2 aromatic heterocycles. The maximum atomic E-state index is 13.7. The Bertz CT molecular complexity index is 1600. The van der Waals surface area contributed by atoms with Gasteiger partial charge in [0.25, 0.3) is 5.56 Å². The van der Waals surface area contributed by atoms with Crippen molar-refractivity contribution in [1.29, 1.82) is 0 Å². The molecule has 4 aromatic rings. The van der Waals surface area contributed by atoms with E-state index in [1.165, 1.54) is 16.9 Å². The van der Waals surface area contributed by atoms with Gasteiger partial charge in [0.05, 0.1) is 23.4 Å². The van der Waals surface area contributed by atoms with Gasteiger partial charge in [0, 0.05) is 17.2 Å². The summed E-state index contributed by atoms with van der Waals surface area (Å²) in [6.07, 6.45) is 3.58. The number of fused-ring (bicyclic) bond motifs is 3. The number of rotatable bonds is 3. The SMILES string of the molecule is COc1ccccc1C1C2=C(N=c3s/c(=C/c4ccc(C)o4)c(=O)n31)c1ccccc1CC2. The van der Waals surface area contributed by atoms with Crippen molar-refractivity contribution in [3.8, 4) is 5.75 Å². The van der Waals surface area contributed by atoms with Gasteiger partial charge >= 0.3 is 0 Å². The first-order valence-corrected chi connectivity index (χ1v) is 11.8. The Hall–Kier alpha value is -3.64. The lowest BCUT2D eigenvalue weighted by atomic mass is 9.83. The van der Waals surface area contributed by atoms with Crippen LogP contribution >= 0.6 is 11.3 Å². The molecule has 0 fully saturated rings. The molecule has 1 aliphatic carbocycles. The number of hydrogen-bond acceptors (Lipinski definition) is 5. The third-order valence-corrected chi connectivity index (χ3v) is 7.32. The van der Waals surface area contributed by atoms with Crippen molar-refractivity contribution in [2.75, 3.05) is 7.11 Å². The molecule has 33 heavy (non-hydrogen) atoms. The molecule has 0 saturated heterocycles. The van der Waals surface area contributed by atoms with Gasteiger partial charge in [-0.05, 0) is 49.1 Å². The Balaban J connectivity index is 1.66. The molecule has 2 aliphatic rings. The van der Waals surface area contributed by atoms with Crippen molar-refractivity contribution in [3.63, 3.8) is 0 Å². The van der Waals surface area contributed by atoms with E-state index >= 15 is 0 Å². The lowest BCUT2D eigenvalue weighted by Crippen LogP contribution is -2.38. The summed E-state index contributed by atoms with van der Waals surface area (Å²) in [6.45, 7) is 1.89. The smallest absolute Gasteiger partial charge is 0.271 e. The highest BCUT2D eigenvalue weighted by Gasteiger charge is 2.33. The van der Waals surface area contributed by atoms with Gasteiger partial charge in [0.1, 0.15) is 17.3 Å². The lowest BCUT2D eigenvalue weighted by molar-refractivity contribution is 0.402. The Morgan fingerprint density at radius 1 is 1.09 bits per heavy atom. The summed E-state index contributed by atoms with van der Waals surface area (Å²) >= 11 is 1.40. The van der Waals surface area contributed by atoms with Crippen LogP contribution in [0.1, 0.15) is 40.7 Å². The Morgan fingerprint density at radius 2 is 1.91 bits per heavy atom. The average molecular weight is 455 g/mol. The number of benzene rings is 2. The van der Waals surface area contributed by atoms with E-state index in [2.05, 4.69) is 24.3 Å². The molecule has 6 rings (SSSR count). The molecular weight excluding hydrogens is 432 g/mol. The minimum Gasteiger partial charge on any atom is -0.496 e. The summed E-state index contributed by atoms with van der Waals surface area (Å²) in [7, 11) is 1.67. The molecule has 2 aromatic carbocycles. The summed E-state index contributed by atoms with van der Waals surface area (Å²) in [4.78, 5) is 19.4. The van der Waals surface area contributed by atoms with Crippen molar-refractivity contribution in [1.82, 2.24) is 4.57 Å². The summed E-state index contributed by atoms with van der Waals surface area (Å²) in [6, 6.07) is 19.9. The molecule has 5 nitrogen and oxygen atoms in total. The quantitative estimate of drug-likeness (QED) is 0.466. The van der Waals surface area contributed by atoms with E-state index in [-0.39, 0.29) is 11.6 Å². The van der Waals surface area contributed by atoms with E-state index in [1.807, 2.05) is 54.0 Å². The average Bonchev–Trinajstić information content (AvgIpc) is 3.40. The fraction of sp³-hybridized carbons (Fsp3) is 0.185. The number of nitrogens with zero attached hydrogens (tertiary/aromatic N) is 2. The zero-order chi connectivity index (χ0) is 22.5. The van der Waals surface area contributed by atoms with Gasteiger partial charge in [-0.1, -0.05) is 53.8 Å². The minimum absolute atomic E-state index is 0.0610. The summed E-state index contributed by atoms with van der Waals surface area (Å²) in [5.74, 6) is 2.25. The van der Waals surface area contributed by atoms with Crippen molar-refractivity contribution in [2.24, 2.45) is 4.99 Å². The molecule has 0 amide bonds. The second kappa shape index (κ2) is 7.74. The van der Waals surface area contributed by atoms with Crippen LogP contribution < -0.4 is 19.6 Å². The van der Waals surface area contributed by atoms with Crippen LogP contribution in [0, 0.1) is 6.92 Å². The molecule has 6 heteroatoms. The molecular formula is C27H22N2O3S. The van der Waals surface area contributed by atoms with E-state index in [1.54, 1.807) is 7.11 Å². The normalized spacial score (nSPS) is 17.3. The summed E-state index contributed by atoms with van der Waals surface area (Å²) < 4.78 is 13.9. The highest BCUT2D eigenvalue weighted by Crippen LogP contribution is 2.43. The number of aryl methyl sites for hydroxylation is 2. The van der Waals surface area contributed by atoms with Crippen LogP contribution in [0.3, 0.4) is 0 Å². The van der Waals surface area contributed by atoms with Crippen LogP contribution in [0.25, 0.3) is 11.8 Å². The number of methoxy groups -OCH3 is 1. The van der Waals surface area contributed by atoms with Crippen molar-refractivity contribution in [2.45, 2.75) is 25.8 Å². The third kappa shape index (κ3) is 3.21. The fourth-order valence-corrected chi connectivity index (χ4v) is 5.83. The highest BCUT2D eigenvalue weighted by molar-refractivity contribution is 7.07. The maximum Gasteiger partial charge on any atom is 0.271 e. The predicted octanol–water partition coefficient (Wildman–Crippen LogP) is 4.23. The van der Waals surface area contributed by atoms with Gasteiger partial charge in [0.15, 0.2) is 4.80 Å². The molecule has 0 radical (unpaired) electrons. The third-order valence-electron chi connectivity index (χ3n) is 6.34. The predicted molar refractivity (Wildman–Crippen MR) is 129 cm³/mol. The van der Waals surface area contributed by atoms with E-state index in [4.69, 9.17) is 14.1 Å². The summed E-state index contributed by atoms with van der Waals surface area (Å²) in [5, 5.41) is 0. The van der Waals surface area contributed by atoms with E-state index in [0.717, 1.165) is 46.7 Å². The molecule has 1 aliphatic heterocycles. The van der Waals surface area contributed by atoms with Crippen LogP contribution in [0.4, 0.5) is 0 Å². The molecule has 0 saturated carbocycles. The highest BCUT2D eigenvalue weighted by atomic mass is 32.1. The number of furan rings is 1. The number of aromatic nitrogens is 1. The first-order valence-electron chi connectivity index (χ1n) is 11.0. The Labute approximate surface area is 194 Å². The standard InChI is InChI=1S/C27H22N2O3S/c1-16-11-13-18(32-16)15-23-26(30)29-25(20-9-5-6-10-22(20)31-2)21-14-12-17-7-3-4-8-19(17)24(21)28-27(29)33-23/h3-11,13,15,25H,12,14H2,1-2H3/b23-15+. The number of ether oxygens (including phenoxy) is 1. The van der Waals surface area contributed by atoms with Gasteiger partial charge < -0.3 is 9.15 Å². The number of hydrogen-bond donors (Lipinski definition) is 0. The maximum absolute atomic E-state index is 13.7. The van der Waals surface area contributed by atoms with Gasteiger partial charge in [-0.2, -0.15) is 0 Å². The van der Waals surface area contributed by atoms with E-state index in [9.17, 15) is 4.79 Å². The van der Waals surface area contributed by atoms with Crippen LogP contribution in [0.15, 0.2) is 80.4 Å². The number of allylic oxidation sites excluding steroid dienone is 1. The van der Waals surface area contributed by atoms with E-state index in [0.29, 0.717) is 15.1 Å². The van der Waals surface area contributed by atoms with Crippen LogP contribution in [0.5, 0.6) is 5.75 Å². The zero-order valence-corrected chi connectivity index (χ0v) is 19.2. The number of para-hydroxylation sites is 1. The van der Waals surface area contributed by atoms with E-state index < -0.39 is 0 Å². The zero-order valence-electron chi connectivity index (χ0n) is 18.4. The summed E-state index contributed by atoms with van der Waals surface area (Å²) in [5.41, 5.74) is 5.50. The van der Waals surface area contributed by atoms with Gasteiger partial charge in [-0.3, -0.25) is 9.36 Å². The van der Waals surface area contributed by atoms with Crippen molar-refractivity contribution in [3.05, 3.63) is 114 Å². The van der Waals surface area contributed by atoms with Crippen LogP contribution in [-0.2, 0) is 6.42 Å². The molecule has 1 unspecified atom stereocenters. The first-order chi connectivity index (χ1) is 16.1. The van der Waals surface area contributed by atoms with Crippen molar-refractivity contribution < 1.29 is 9.15 Å². The van der Waals surface area contributed by atoms with Crippen molar-refractivity contribution >= 4 is 23.1 Å². The molecule has 1 atom stereocenters. The largest absolute Gasteiger partial charge is 0.496 e. The van der Waals surface area contributed by atoms with Crippen LogP contribution in [0.2, 0.25) is 0 Å². The minimum atomic E-state index is -0.263. The van der Waals surface area contributed by atoms with Gasteiger partial charge in [-0.25, -0.2) is 4.99 Å². The second-order valence-corrected chi connectivity index (χ2v) is 9.31. The number of thiazole rings is 1. The molecule has 0 N–H and O–H groups in total. The Morgan fingerprint density at radius 3 is 2.73 bits per heavy atom. The van der Waals surface area contributed by atoms with Gasteiger partial charge in [0.2, 0.25) is 0 Å². The molecule has 164 valence electrons. The fourth-order valence-electron chi connectivity index (χ4n) is 4.85. The molecule has 3 heterocycles. The molecule has 0 spiro atoms.